The molecule has 1 aromatic heterocycles. The first-order valence-corrected chi connectivity index (χ1v) is 12.1. The molecule has 1 N–H and O–H groups in total. The summed E-state index contributed by atoms with van der Waals surface area (Å²) in [5, 5.41) is 7.42. The number of hydrogen-bond donors (Lipinski definition) is 1. The van der Waals surface area contributed by atoms with Gasteiger partial charge >= 0.3 is 29.6 Å². The van der Waals surface area contributed by atoms with Crippen LogP contribution in [0.25, 0.3) is 22.3 Å². The Hall–Kier alpha value is -2.87. The first-order chi connectivity index (χ1) is 17.4. The topological polar surface area (TPSA) is 89.0 Å². The van der Waals surface area contributed by atoms with Crippen LogP contribution >= 0.6 is 0 Å². The van der Waals surface area contributed by atoms with E-state index in [0.29, 0.717) is 25.6 Å². The van der Waals surface area contributed by atoms with Crippen LogP contribution in [0.5, 0.6) is 11.6 Å². The van der Waals surface area contributed by atoms with Gasteiger partial charge in [-0.2, -0.15) is 18.2 Å². The molecule has 0 unspecified atom stereocenters. The summed E-state index contributed by atoms with van der Waals surface area (Å²) in [6, 6.07) is 19.1. The number of aromatic nitrogens is 1. The molecule has 0 spiro atoms. The van der Waals surface area contributed by atoms with Gasteiger partial charge in [-0.15, -0.1) is 6.07 Å². The van der Waals surface area contributed by atoms with E-state index < -0.39 is 5.97 Å². The first-order valence-electron chi connectivity index (χ1n) is 12.1. The normalized spacial score (nSPS) is 11.9. The molecule has 3 aromatic rings. The van der Waals surface area contributed by atoms with Crippen molar-refractivity contribution in [3.63, 3.8) is 0 Å². The molecular weight excluding hydrogens is 479 g/mol. The standard InChI is InChI=1S/C27H29N2O3.C2H4O2.Na/c1-4-29(27(30)19-10-11-19)18-22-16-20(21-13-15-26(28-17-21)32-5-2)12-14-23(22)24-8-6-7-9-25(24)31-3;1-2(3)4;/h7-9,12-17,19H,4-5,10-11,18H2,1-3H3;1H3,(H,3,4);/q-1;;+1. The molecule has 8 heteroatoms. The van der Waals surface area contributed by atoms with Crippen LogP contribution in [0.4, 0.5) is 0 Å². The summed E-state index contributed by atoms with van der Waals surface area (Å²) in [5.74, 6) is 1.01. The van der Waals surface area contributed by atoms with Crippen molar-refractivity contribution in [3.05, 3.63) is 66.4 Å². The summed E-state index contributed by atoms with van der Waals surface area (Å²) >= 11 is 0. The Kier molecular flexibility index (Phi) is 12.1. The number of carboxylic acids is 1. The van der Waals surface area contributed by atoms with Crippen molar-refractivity contribution in [2.24, 2.45) is 5.92 Å². The number of carboxylic acid groups (broad SMARTS) is 1. The van der Waals surface area contributed by atoms with Crippen LogP contribution in [0.1, 0.15) is 39.2 Å². The van der Waals surface area contributed by atoms with Crippen molar-refractivity contribution in [2.75, 3.05) is 20.3 Å². The van der Waals surface area contributed by atoms with Gasteiger partial charge in [-0.05, 0) is 49.9 Å². The molecule has 0 atom stereocenters. The zero-order chi connectivity index (χ0) is 26.1. The van der Waals surface area contributed by atoms with Gasteiger partial charge in [0.25, 0.3) is 5.97 Å². The van der Waals surface area contributed by atoms with Gasteiger partial charge in [0.1, 0.15) is 0 Å². The largest absolute Gasteiger partial charge is 1.00 e. The maximum absolute atomic E-state index is 12.8. The van der Waals surface area contributed by atoms with Gasteiger partial charge in [0.2, 0.25) is 11.8 Å². The third-order valence-corrected chi connectivity index (χ3v) is 5.78. The smallest absolute Gasteiger partial charge is 0.522 e. The maximum atomic E-state index is 12.8. The Balaban J connectivity index is 0.000000898. The molecule has 1 amide bonds. The van der Waals surface area contributed by atoms with Crippen LogP contribution in [-0.2, 0) is 16.1 Å². The van der Waals surface area contributed by atoms with Crippen LogP contribution in [0.2, 0.25) is 0 Å². The SMILES string of the molecule is CC(=O)O.CCOc1ccc(-c2ccc(-c3c[c-]ccc3OC)c(CN(CC)C(=O)C3CC3)c2)cn1.[Na+]. The molecule has 2 aromatic carbocycles. The molecule has 1 fully saturated rings. The Bertz CT molecular complexity index is 1180. The van der Waals surface area contributed by atoms with E-state index in [1.807, 2.05) is 55.3 Å². The molecule has 37 heavy (non-hydrogen) atoms. The van der Waals surface area contributed by atoms with Crippen molar-refractivity contribution < 1.29 is 53.7 Å². The second kappa shape index (κ2) is 14.8. The zero-order valence-corrected chi connectivity index (χ0v) is 24.3. The van der Waals surface area contributed by atoms with E-state index in [1.54, 1.807) is 7.11 Å². The number of hydrogen-bond acceptors (Lipinski definition) is 5. The summed E-state index contributed by atoms with van der Waals surface area (Å²) in [4.78, 5) is 28.2. The number of benzene rings is 2. The van der Waals surface area contributed by atoms with E-state index in [2.05, 4.69) is 29.2 Å². The molecule has 0 saturated heterocycles. The van der Waals surface area contributed by atoms with Gasteiger partial charge in [0.05, 0.1) is 13.7 Å². The fourth-order valence-corrected chi connectivity index (χ4v) is 3.90. The Morgan fingerprint density at radius 3 is 2.38 bits per heavy atom. The molecule has 1 aliphatic carbocycles. The van der Waals surface area contributed by atoms with Gasteiger partial charge in [0, 0.05) is 49.5 Å². The van der Waals surface area contributed by atoms with E-state index in [-0.39, 0.29) is 41.4 Å². The summed E-state index contributed by atoms with van der Waals surface area (Å²) in [6.45, 7) is 6.89. The van der Waals surface area contributed by atoms with Gasteiger partial charge in [0.15, 0.2) is 0 Å². The van der Waals surface area contributed by atoms with Crippen LogP contribution in [0, 0.1) is 12.0 Å². The number of nitrogens with zero attached hydrogens (tertiary/aromatic N) is 2. The zero-order valence-electron chi connectivity index (χ0n) is 22.3. The first kappa shape index (κ1) is 30.4. The molecular formula is C29H33N2NaO5. The van der Waals surface area contributed by atoms with Crippen LogP contribution in [0.3, 0.4) is 0 Å². The van der Waals surface area contributed by atoms with E-state index in [1.165, 1.54) is 0 Å². The minimum atomic E-state index is -0.833. The molecule has 0 radical (unpaired) electrons. The van der Waals surface area contributed by atoms with Crippen LogP contribution < -0.4 is 39.0 Å². The molecule has 0 bridgehead atoms. The molecule has 1 saturated carbocycles. The monoisotopic (exact) mass is 512 g/mol. The quantitative estimate of drug-likeness (QED) is 0.350. The van der Waals surface area contributed by atoms with E-state index in [9.17, 15) is 4.79 Å². The minimum absolute atomic E-state index is 0. The van der Waals surface area contributed by atoms with Gasteiger partial charge in [-0.3, -0.25) is 9.59 Å². The predicted molar refractivity (Wildman–Crippen MR) is 139 cm³/mol. The molecule has 0 aliphatic heterocycles. The number of aliphatic carboxylic acids is 1. The average Bonchev–Trinajstić information content (AvgIpc) is 3.73. The summed E-state index contributed by atoms with van der Waals surface area (Å²) in [7, 11) is 1.67. The third kappa shape index (κ3) is 8.59. The van der Waals surface area contributed by atoms with Crippen LogP contribution in [0.15, 0.2) is 54.7 Å². The number of carbonyl (C=O) groups is 2. The number of pyridine rings is 1. The predicted octanol–water partition coefficient (Wildman–Crippen LogP) is 2.48. The van der Waals surface area contributed by atoms with E-state index in [4.69, 9.17) is 19.4 Å². The maximum Gasteiger partial charge on any atom is 1.00 e. The van der Waals surface area contributed by atoms with Crippen molar-refractivity contribution in [3.8, 4) is 33.9 Å². The second-order valence-corrected chi connectivity index (χ2v) is 8.46. The van der Waals surface area contributed by atoms with Crippen LogP contribution in [-0.4, -0.2) is 47.1 Å². The molecule has 1 heterocycles. The van der Waals surface area contributed by atoms with Crippen molar-refractivity contribution >= 4 is 11.9 Å². The number of methoxy groups -OCH3 is 1. The molecule has 4 rings (SSSR count). The fraction of sp³-hybridized carbons (Fsp3) is 0.345. The van der Waals surface area contributed by atoms with Gasteiger partial charge < -0.3 is 19.5 Å². The fourth-order valence-electron chi connectivity index (χ4n) is 3.90. The summed E-state index contributed by atoms with van der Waals surface area (Å²) in [6.07, 6.45) is 3.83. The Morgan fingerprint density at radius 2 is 1.81 bits per heavy atom. The van der Waals surface area contributed by atoms with Crippen molar-refractivity contribution in [2.45, 2.75) is 40.2 Å². The molecule has 1 aliphatic rings. The van der Waals surface area contributed by atoms with Crippen molar-refractivity contribution in [1.82, 2.24) is 9.88 Å². The Labute approximate surface area is 241 Å². The minimum Gasteiger partial charge on any atom is -0.522 e. The molecule has 7 nitrogen and oxygen atoms in total. The summed E-state index contributed by atoms with van der Waals surface area (Å²) < 4.78 is 11.1. The van der Waals surface area contributed by atoms with Gasteiger partial charge in [-0.25, -0.2) is 4.98 Å². The number of rotatable bonds is 9. The van der Waals surface area contributed by atoms with Gasteiger partial charge in [-0.1, -0.05) is 23.3 Å². The second-order valence-electron chi connectivity index (χ2n) is 8.46. The number of carbonyl (C=O) groups excluding carboxylic acids is 1. The average molecular weight is 513 g/mol. The molecule has 190 valence electrons. The van der Waals surface area contributed by atoms with Crippen molar-refractivity contribution in [1.29, 1.82) is 0 Å². The van der Waals surface area contributed by atoms with E-state index >= 15 is 0 Å². The summed E-state index contributed by atoms with van der Waals surface area (Å²) in [5.41, 5.74) is 5.14. The number of amides is 1. The Morgan fingerprint density at radius 1 is 1.11 bits per heavy atom. The van der Waals surface area contributed by atoms with E-state index in [0.717, 1.165) is 53.3 Å². The number of ether oxygens (including phenoxy) is 2. The third-order valence-electron chi connectivity index (χ3n) is 5.78.